The number of nitro benzene ring substituents is 2. The number of para-hydroxylation sites is 1. The number of nitrogens with one attached hydrogen (secondary N) is 1. The molecule has 11 nitrogen and oxygen atoms in total. The Morgan fingerprint density at radius 1 is 1.14 bits per heavy atom. The van der Waals surface area contributed by atoms with E-state index in [1.165, 1.54) is 37.3 Å². The molecule has 0 bridgehead atoms. The average Bonchev–Trinajstić information content (AvgIpc) is 2.62. The summed E-state index contributed by atoms with van der Waals surface area (Å²) in [5.74, 6) is -4.63. The van der Waals surface area contributed by atoms with Crippen LogP contribution in [0, 0.1) is 20.2 Å². The molecule has 0 saturated heterocycles. The minimum absolute atomic E-state index is 0.0952. The minimum Gasteiger partial charge on any atom is -0.480 e. The Labute approximate surface area is 157 Å². The van der Waals surface area contributed by atoms with Crippen molar-refractivity contribution in [2.45, 2.75) is 12.8 Å². The van der Waals surface area contributed by atoms with E-state index in [1.54, 1.807) is 0 Å². The molecule has 2 N–H and O–H groups in total. The van der Waals surface area contributed by atoms with Gasteiger partial charge in [0.05, 0.1) is 22.0 Å². The maximum absolute atomic E-state index is 12.0. The molecule has 28 heavy (non-hydrogen) atoms. The van der Waals surface area contributed by atoms with E-state index in [4.69, 9.17) is 4.74 Å². The fourth-order valence-electron chi connectivity index (χ4n) is 2.54. The molecule has 1 atom stereocenters. The summed E-state index contributed by atoms with van der Waals surface area (Å²) in [7, 11) is 0. The summed E-state index contributed by atoms with van der Waals surface area (Å²) < 4.78 is 4.72. The van der Waals surface area contributed by atoms with Crippen molar-refractivity contribution >= 4 is 34.7 Å². The highest BCUT2D eigenvalue weighted by atomic mass is 16.6. The quantitative estimate of drug-likeness (QED) is 0.299. The van der Waals surface area contributed by atoms with E-state index in [9.17, 15) is 34.9 Å². The smallest absolute Gasteiger partial charge is 0.325 e. The first-order valence-electron chi connectivity index (χ1n) is 7.94. The second-order valence-electron chi connectivity index (χ2n) is 5.46. The highest BCUT2D eigenvalue weighted by Crippen LogP contribution is 2.36. The van der Waals surface area contributed by atoms with Crippen molar-refractivity contribution in [2.75, 3.05) is 11.9 Å². The number of benzene rings is 2. The van der Waals surface area contributed by atoms with E-state index >= 15 is 0 Å². The predicted octanol–water partition coefficient (Wildman–Crippen LogP) is 2.98. The largest absolute Gasteiger partial charge is 0.480 e. The van der Waals surface area contributed by atoms with Gasteiger partial charge in [-0.15, -0.1) is 0 Å². The summed E-state index contributed by atoms with van der Waals surface area (Å²) in [6, 6.07) is 9.01. The third kappa shape index (κ3) is 4.38. The first kappa shape index (κ1) is 20.3. The molecule has 0 fully saturated rings. The number of nitro groups is 2. The van der Waals surface area contributed by atoms with Gasteiger partial charge in [-0.05, 0) is 19.1 Å². The van der Waals surface area contributed by atoms with E-state index < -0.39 is 33.4 Å². The van der Waals surface area contributed by atoms with Gasteiger partial charge >= 0.3 is 11.9 Å². The number of rotatable bonds is 8. The number of hydrogen-bond acceptors (Lipinski definition) is 8. The Kier molecular flexibility index (Phi) is 6.22. The number of aliphatic carboxylic acids is 1. The molecule has 0 aromatic heterocycles. The number of carbonyl (C=O) groups excluding carboxylic acids is 1. The van der Waals surface area contributed by atoms with Crippen molar-refractivity contribution < 1.29 is 29.3 Å². The molecule has 0 heterocycles. The second kappa shape index (κ2) is 8.58. The molecular weight excluding hydrogens is 374 g/mol. The Bertz CT molecular complexity index is 944. The number of non-ortho nitro benzene ring substituents is 1. The van der Waals surface area contributed by atoms with Crippen molar-refractivity contribution in [3.8, 4) is 0 Å². The van der Waals surface area contributed by atoms with E-state index in [0.29, 0.717) is 0 Å². The highest BCUT2D eigenvalue weighted by Gasteiger charge is 2.37. The van der Waals surface area contributed by atoms with Crippen LogP contribution < -0.4 is 5.32 Å². The van der Waals surface area contributed by atoms with Gasteiger partial charge < -0.3 is 15.2 Å². The lowest BCUT2D eigenvalue weighted by Gasteiger charge is -2.14. The van der Waals surface area contributed by atoms with Crippen molar-refractivity contribution in [1.82, 2.24) is 0 Å². The zero-order valence-electron chi connectivity index (χ0n) is 14.5. The first-order valence-corrected chi connectivity index (χ1v) is 7.94. The van der Waals surface area contributed by atoms with E-state index in [0.717, 1.165) is 12.1 Å². The van der Waals surface area contributed by atoms with Crippen LogP contribution in [-0.2, 0) is 14.3 Å². The van der Waals surface area contributed by atoms with Crippen LogP contribution in [0.15, 0.2) is 42.5 Å². The lowest BCUT2D eigenvalue weighted by molar-refractivity contribution is -0.385. The molecular formula is C17H15N3O8. The third-order valence-electron chi connectivity index (χ3n) is 3.67. The monoisotopic (exact) mass is 389 g/mol. The number of anilines is 2. The van der Waals surface area contributed by atoms with Gasteiger partial charge in [0.25, 0.3) is 11.4 Å². The maximum Gasteiger partial charge on any atom is 0.325 e. The number of hydrogen-bond donors (Lipinski definition) is 2. The third-order valence-corrected chi connectivity index (χ3v) is 3.67. The SMILES string of the molecule is CCOC(=O)C(C(=O)O)c1cccc(Nc2cccc([N+](=O)[O-])c2)c1[N+](=O)[O-]. The van der Waals surface area contributed by atoms with Crippen molar-refractivity contribution in [3.63, 3.8) is 0 Å². The minimum atomic E-state index is -1.90. The lowest BCUT2D eigenvalue weighted by Crippen LogP contribution is -2.25. The standard InChI is InChI=1S/C17H15N3O8/c1-2-28-17(23)14(16(21)22)12-7-4-8-13(15(12)20(26)27)18-10-5-3-6-11(9-10)19(24)25/h3-9,14,18H,2H2,1H3,(H,21,22). The van der Waals surface area contributed by atoms with Crippen LogP contribution in [-0.4, -0.2) is 33.5 Å². The van der Waals surface area contributed by atoms with Crippen LogP contribution in [0.2, 0.25) is 0 Å². The molecule has 146 valence electrons. The highest BCUT2D eigenvalue weighted by molar-refractivity contribution is 6.01. The molecule has 0 aliphatic carbocycles. The summed E-state index contributed by atoms with van der Waals surface area (Å²) in [5, 5.41) is 34.6. The van der Waals surface area contributed by atoms with Crippen LogP contribution in [0.25, 0.3) is 0 Å². The number of carboxylic acid groups (broad SMARTS) is 1. The van der Waals surface area contributed by atoms with E-state index in [1.807, 2.05) is 0 Å². The van der Waals surface area contributed by atoms with Crippen LogP contribution in [0.4, 0.5) is 22.7 Å². The van der Waals surface area contributed by atoms with E-state index in [-0.39, 0.29) is 29.2 Å². The molecule has 1 unspecified atom stereocenters. The molecule has 0 aliphatic heterocycles. The average molecular weight is 389 g/mol. The molecule has 0 radical (unpaired) electrons. The van der Waals surface area contributed by atoms with Crippen LogP contribution in [0.3, 0.4) is 0 Å². The molecule has 2 aromatic carbocycles. The van der Waals surface area contributed by atoms with Gasteiger partial charge in [0.1, 0.15) is 5.69 Å². The predicted molar refractivity (Wildman–Crippen MR) is 96.5 cm³/mol. The van der Waals surface area contributed by atoms with Crippen molar-refractivity contribution in [2.24, 2.45) is 0 Å². The van der Waals surface area contributed by atoms with E-state index in [2.05, 4.69) is 5.32 Å². The summed E-state index contributed by atoms with van der Waals surface area (Å²) >= 11 is 0. The molecule has 2 aromatic rings. The molecule has 2 rings (SSSR count). The normalized spacial score (nSPS) is 11.3. The van der Waals surface area contributed by atoms with Crippen LogP contribution in [0.1, 0.15) is 18.4 Å². The summed E-state index contributed by atoms with van der Waals surface area (Å²) in [4.78, 5) is 44.6. The molecule has 0 aliphatic rings. The number of esters is 1. The summed E-state index contributed by atoms with van der Waals surface area (Å²) in [6.45, 7) is 1.38. The zero-order chi connectivity index (χ0) is 20.8. The maximum atomic E-state index is 12.0. The molecule has 0 amide bonds. The number of carbonyl (C=O) groups is 2. The zero-order valence-corrected chi connectivity index (χ0v) is 14.5. The fourth-order valence-corrected chi connectivity index (χ4v) is 2.54. The topological polar surface area (TPSA) is 162 Å². The number of carboxylic acids is 1. The van der Waals surface area contributed by atoms with Gasteiger partial charge in [-0.1, -0.05) is 18.2 Å². The van der Waals surface area contributed by atoms with Crippen LogP contribution in [0.5, 0.6) is 0 Å². The lowest BCUT2D eigenvalue weighted by atomic mass is 9.96. The van der Waals surface area contributed by atoms with Crippen LogP contribution >= 0.6 is 0 Å². The number of nitrogens with zero attached hydrogens (tertiary/aromatic N) is 2. The van der Waals surface area contributed by atoms with Gasteiger partial charge in [-0.3, -0.25) is 29.8 Å². The summed E-state index contributed by atoms with van der Waals surface area (Å²) in [5.41, 5.74) is -1.20. The van der Waals surface area contributed by atoms with Gasteiger partial charge in [0, 0.05) is 17.8 Å². The van der Waals surface area contributed by atoms with Gasteiger partial charge in [0.2, 0.25) is 0 Å². The van der Waals surface area contributed by atoms with Gasteiger partial charge in [-0.25, -0.2) is 0 Å². The Hall–Kier alpha value is -4.02. The molecule has 11 heteroatoms. The Morgan fingerprint density at radius 3 is 2.39 bits per heavy atom. The first-order chi connectivity index (χ1) is 13.3. The second-order valence-corrected chi connectivity index (χ2v) is 5.46. The van der Waals surface area contributed by atoms with Crippen molar-refractivity contribution in [1.29, 1.82) is 0 Å². The van der Waals surface area contributed by atoms with Crippen molar-refractivity contribution in [3.05, 3.63) is 68.3 Å². The van der Waals surface area contributed by atoms with Gasteiger partial charge in [-0.2, -0.15) is 0 Å². The number of ether oxygens (including phenoxy) is 1. The molecule has 0 saturated carbocycles. The fraction of sp³-hybridized carbons (Fsp3) is 0.176. The Morgan fingerprint density at radius 2 is 1.82 bits per heavy atom. The molecule has 0 spiro atoms. The Balaban J connectivity index is 2.55. The van der Waals surface area contributed by atoms with Gasteiger partial charge in [0.15, 0.2) is 5.92 Å². The summed E-state index contributed by atoms with van der Waals surface area (Å²) in [6.07, 6.45) is 0.